The van der Waals surface area contributed by atoms with Crippen LogP contribution in [-0.4, -0.2) is 18.8 Å². The number of nitrogens with two attached hydrogens (primary N) is 1. The Bertz CT molecular complexity index is 248. The highest BCUT2D eigenvalue weighted by molar-refractivity contribution is 4.97. The lowest BCUT2D eigenvalue weighted by Crippen LogP contribution is -2.52. The zero-order valence-electron chi connectivity index (χ0n) is 11.8. The molecule has 2 N–H and O–H groups in total. The van der Waals surface area contributed by atoms with E-state index in [1.807, 2.05) is 7.11 Å². The van der Waals surface area contributed by atoms with Crippen molar-refractivity contribution in [2.45, 2.75) is 76.9 Å². The van der Waals surface area contributed by atoms with Gasteiger partial charge in [0, 0.05) is 13.2 Å². The van der Waals surface area contributed by atoms with Gasteiger partial charge < -0.3 is 10.5 Å². The quantitative estimate of drug-likeness (QED) is 0.797. The molecule has 0 aliphatic heterocycles. The van der Waals surface area contributed by atoms with E-state index in [1.165, 1.54) is 32.1 Å². The highest BCUT2D eigenvalue weighted by atomic mass is 16.5. The Labute approximate surface area is 106 Å². The first-order valence-electron chi connectivity index (χ1n) is 7.28. The van der Waals surface area contributed by atoms with Crippen molar-refractivity contribution in [3.05, 3.63) is 0 Å². The van der Waals surface area contributed by atoms with Crippen LogP contribution < -0.4 is 5.73 Å². The van der Waals surface area contributed by atoms with Gasteiger partial charge in [-0.2, -0.15) is 0 Å². The summed E-state index contributed by atoms with van der Waals surface area (Å²) < 4.78 is 5.86. The second kappa shape index (κ2) is 4.89. The fourth-order valence-corrected chi connectivity index (χ4v) is 3.16. The molecule has 0 amide bonds. The van der Waals surface area contributed by atoms with Crippen LogP contribution >= 0.6 is 0 Å². The van der Waals surface area contributed by atoms with Crippen LogP contribution in [-0.2, 0) is 4.74 Å². The van der Waals surface area contributed by atoms with Crippen LogP contribution in [0.15, 0.2) is 0 Å². The van der Waals surface area contributed by atoms with Crippen molar-refractivity contribution in [2.75, 3.05) is 7.11 Å². The van der Waals surface area contributed by atoms with E-state index >= 15 is 0 Å². The minimum absolute atomic E-state index is 0.0234. The Morgan fingerprint density at radius 3 is 2.24 bits per heavy atom. The van der Waals surface area contributed by atoms with Gasteiger partial charge in [-0.25, -0.2) is 0 Å². The number of rotatable bonds is 5. The molecule has 100 valence electrons. The van der Waals surface area contributed by atoms with Crippen molar-refractivity contribution in [1.29, 1.82) is 0 Å². The number of methoxy groups -OCH3 is 1. The average molecular weight is 239 g/mol. The third-order valence-electron chi connectivity index (χ3n) is 5.12. The van der Waals surface area contributed by atoms with Gasteiger partial charge in [0.25, 0.3) is 0 Å². The fourth-order valence-electron chi connectivity index (χ4n) is 3.16. The van der Waals surface area contributed by atoms with Crippen LogP contribution in [0.4, 0.5) is 0 Å². The lowest BCUT2D eigenvalue weighted by molar-refractivity contribution is -0.0802. The van der Waals surface area contributed by atoms with Gasteiger partial charge in [0.1, 0.15) is 0 Å². The number of ether oxygens (including phenoxy) is 1. The number of hydrogen-bond donors (Lipinski definition) is 1. The van der Waals surface area contributed by atoms with E-state index in [4.69, 9.17) is 10.5 Å². The fraction of sp³-hybridized carbons (Fsp3) is 1.00. The first kappa shape index (κ1) is 13.4. The maximum absolute atomic E-state index is 6.43. The summed E-state index contributed by atoms with van der Waals surface area (Å²) in [5.41, 5.74) is 6.89. The molecule has 2 saturated carbocycles. The molecule has 2 aliphatic rings. The predicted octanol–water partition coefficient (Wildman–Crippen LogP) is 3.49. The molecule has 0 bridgehead atoms. The van der Waals surface area contributed by atoms with Crippen molar-refractivity contribution in [2.24, 2.45) is 17.1 Å². The van der Waals surface area contributed by atoms with E-state index in [2.05, 4.69) is 13.8 Å². The van der Waals surface area contributed by atoms with Gasteiger partial charge in [-0.15, -0.1) is 0 Å². The lowest BCUT2D eigenvalue weighted by Gasteiger charge is -2.46. The van der Waals surface area contributed by atoms with Gasteiger partial charge in [0.2, 0.25) is 0 Å². The normalized spacial score (nSPS) is 28.9. The largest absolute Gasteiger partial charge is 0.377 e. The molecule has 0 aromatic heterocycles. The molecule has 2 nitrogen and oxygen atoms in total. The van der Waals surface area contributed by atoms with Crippen molar-refractivity contribution < 1.29 is 4.74 Å². The summed E-state index contributed by atoms with van der Waals surface area (Å²) in [5.74, 6) is 0.981. The van der Waals surface area contributed by atoms with E-state index in [9.17, 15) is 0 Å². The highest BCUT2D eigenvalue weighted by Gasteiger charge is 2.42. The molecule has 1 atom stereocenters. The zero-order chi connectivity index (χ0) is 12.5. The Balaban J connectivity index is 1.89. The topological polar surface area (TPSA) is 35.2 Å². The molecule has 17 heavy (non-hydrogen) atoms. The highest BCUT2D eigenvalue weighted by Crippen LogP contribution is 2.44. The molecule has 0 spiro atoms. The van der Waals surface area contributed by atoms with Crippen LogP contribution in [0.1, 0.15) is 65.2 Å². The number of hydrogen-bond acceptors (Lipinski definition) is 2. The molecule has 2 aliphatic carbocycles. The molecule has 0 saturated heterocycles. The van der Waals surface area contributed by atoms with E-state index in [0.717, 1.165) is 25.2 Å². The predicted molar refractivity (Wildman–Crippen MR) is 71.9 cm³/mol. The molecular formula is C15H29NO. The van der Waals surface area contributed by atoms with Crippen LogP contribution in [0, 0.1) is 11.3 Å². The molecule has 0 heterocycles. The van der Waals surface area contributed by atoms with E-state index in [1.54, 1.807) is 0 Å². The Morgan fingerprint density at radius 2 is 1.76 bits per heavy atom. The van der Waals surface area contributed by atoms with Gasteiger partial charge in [0.05, 0.1) is 5.60 Å². The van der Waals surface area contributed by atoms with Crippen LogP contribution in [0.3, 0.4) is 0 Å². The average Bonchev–Trinajstić information content (AvgIpc) is 3.10. The minimum atomic E-state index is -0.0234. The van der Waals surface area contributed by atoms with Crippen molar-refractivity contribution in [1.82, 2.24) is 0 Å². The van der Waals surface area contributed by atoms with Gasteiger partial charge in [-0.3, -0.25) is 0 Å². The molecule has 0 aromatic carbocycles. The minimum Gasteiger partial charge on any atom is -0.377 e. The summed E-state index contributed by atoms with van der Waals surface area (Å²) in [7, 11) is 1.86. The Morgan fingerprint density at radius 1 is 1.18 bits per heavy atom. The summed E-state index contributed by atoms with van der Waals surface area (Å²) in [6.07, 6.45) is 10.1. The van der Waals surface area contributed by atoms with Crippen LogP contribution in [0.25, 0.3) is 0 Å². The second-order valence-electron chi connectivity index (χ2n) is 7.06. The van der Waals surface area contributed by atoms with E-state index in [-0.39, 0.29) is 11.6 Å². The smallest absolute Gasteiger partial charge is 0.0829 e. The van der Waals surface area contributed by atoms with Crippen LogP contribution in [0.5, 0.6) is 0 Å². The van der Waals surface area contributed by atoms with Crippen LogP contribution in [0.2, 0.25) is 0 Å². The monoisotopic (exact) mass is 239 g/mol. The van der Waals surface area contributed by atoms with Gasteiger partial charge in [-0.1, -0.05) is 26.7 Å². The van der Waals surface area contributed by atoms with Crippen molar-refractivity contribution in [3.63, 3.8) is 0 Å². The van der Waals surface area contributed by atoms with Crippen molar-refractivity contribution in [3.8, 4) is 0 Å². The van der Waals surface area contributed by atoms with Gasteiger partial charge in [-0.05, 0) is 49.9 Å². The van der Waals surface area contributed by atoms with E-state index in [0.29, 0.717) is 5.41 Å². The molecule has 2 heteroatoms. The third-order valence-corrected chi connectivity index (χ3v) is 5.12. The SMILES string of the molecule is COC1(C(N)CCC2CC2)CCC(C)(C)CC1. The van der Waals surface area contributed by atoms with Gasteiger partial charge >= 0.3 is 0 Å². The molecule has 0 radical (unpaired) electrons. The molecule has 2 rings (SSSR count). The zero-order valence-corrected chi connectivity index (χ0v) is 11.8. The molecule has 2 fully saturated rings. The maximum atomic E-state index is 6.43. The van der Waals surface area contributed by atoms with Crippen molar-refractivity contribution >= 4 is 0 Å². The summed E-state index contributed by atoms with van der Waals surface area (Å²) >= 11 is 0. The Kier molecular flexibility index (Phi) is 3.84. The second-order valence-corrected chi connectivity index (χ2v) is 7.06. The summed E-state index contributed by atoms with van der Waals surface area (Å²) in [6, 6.07) is 0.240. The van der Waals surface area contributed by atoms with Gasteiger partial charge in [0.15, 0.2) is 0 Å². The summed E-state index contributed by atoms with van der Waals surface area (Å²) in [4.78, 5) is 0. The Hall–Kier alpha value is -0.0800. The molecule has 1 unspecified atom stereocenters. The summed E-state index contributed by atoms with van der Waals surface area (Å²) in [6.45, 7) is 4.73. The maximum Gasteiger partial charge on any atom is 0.0829 e. The standard InChI is InChI=1S/C15H29NO/c1-14(2)8-10-15(17-3,11-9-14)13(16)7-6-12-4-5-12/h12-13H,4-11,16H2,1-3H3. The lowest BCUT2D eigenvalue weighted by atomic mass is 9.68. The third kappa shape index (κ3) is 3.23. The molecular weight excluding hydrogens is 210 g/mol. The van der Waals surface area contributed by atoms with E-state index < -0.39 is 0 Å². The first-order chi connectivity index (χ1) is 7.97. The first-order valence-corrected chi connectivity index (χ1v) is 7.28. The molecule has 0 aromatic rings. The summed E-state index contributed by atoms with van der Waals surface area (Å²) in [5, 5.41) is 0.